The molecule has 3 nitrogen and oxygen atoms in total. The fourth-order valence-corrected chi connectivity index (χ4v) is 2.57. The predicted octanol–water partition coefficient (Wildman–Crippen LogP) is 4.58. The predicted molar refractivity (Wildman–Crippen MR) is 86.8 cm³/mol. The van der Waals surface area contributed by atoms with Crippen LogP contribution >= 0.6 is 15.9 Å². The lowest BCUT2D eigenvalue weighted by Crippen LogP contribution is -1.96. The minimum Gasteiger partial charge on any atom is -0.497 e. The molecule has 0 radical (unpaired) electrons. The molecule has 0 aliphatic carbocycles. The fourth-order valence-electron chi connectivity index (χ4n) is 2.10. The zero-order valence-electron chi connectivity index (χ0n) is 11.5. The van der Waals surface area contributed by atoms with E-state index >= 15 is 0 Å². The molecule has 1 aromatic heterocycles. The molecule has 21 heavy (non-hydrogen) atoms. The van der Waals surface area contributed by atoms with Crippen LogP contribution in [0, 0.1) is 0 Å². The third-order valence-electron chi connectivity index (χ3n) is 3.20. The van der Waals surface area contributed by atoms with E-state index in [9.17, 15) is 0 Å². The number of methoxy groups -OCH3 is 1. The second-order valence-electron chi connectivity index (χ2n) is 4.62. The van der Waals surface area contributed by atoms with E-state index < -0.39 is 0 Å². The van der Waals surface area contributed by atoms with Gasteiger partial charge in [-0.05, 0) is 57.9 Å². The normalized spacial score (nSPS) is 10.6. The first-order chi connectivity index (χ1) is 10.3. The Balaban J connectivity index is 1.77. The van der Waals surface area contributed by atoms with E-state index in [1.165, 1.54) is 0 Å². The monoisotopic (exact) mass is 343 g/mol. The van der Waals surface area contributed by atoms with Crippen LogP contribution in [-0.2, 0) is 6.61 Å². The van der Waals surface area contributed by atoms with Crippen molar-refractivity contribution in [3.8, 4) is 11.5 Å². The molecular formula is C17H14BrNO2. The number of halogens is 1. The Hall–Kier alpha value is -2.07. The zero-order chi connectivity index (χ0) is 14.7. The number of pyridine rings is 1. The first-order valence-electron chi connectivity index (χ1n) is 6.56. The van der Waals surface area contributed by atoms with Crippen LogP contribution < -0.4 is 9.47 Å². The molecule has 106 valence electrons. The number of hydrogen-bond acceptors (Lipinski definition) is 3. The summed E-state index contributed by atoms with van der Waals surface area (Å²) in [5.41, 5.74) is 2.10. The van der Waals surface area contributed by atoms with Crippen LogP contribution in [0.3, 0.4) is 0 Å². The maximum Gasteiger partial charge on any atom is 0.134 e. The summed E-state index contributed by atoms with van der Waals surface area (Å²) in [6.45, 7) is 0.510. The summed E-state index contributed by atoms with van der Waals surface area (Å²) in [6, 6.07) is 15.8. The maximum absolute atomic E-state index is 5.85. The van der Waals surface area contributed by atoms with Gasteiger partial charge in [-0.25, -0.2) is 0 Å². The highest BCUT2D eigenvalue weighted by Crippen LogP contribution is 2.29. The molecule has 0 bridgehead atoms. The summed E-state index contributed by atoms with van der Waals surface area (Å²) in [5.74, 6) is 1.59. The van der Waals surface area contributed by atoms with Crippen LogP contribution in [0.4, 0.5) is 0 Å². The van der Waals surface area contributed by atoms with Gasteiger partial charge in [0.25, 0.3) is 0 Å². The average molecular weight is 344 g/mol. The second kappa shape index (κ2) is 6.14. The molecule has 3 aromatic rings. The third kappa shape index (κ3) is 3.16. The van der Waals surface area contributed by atoms with Crippen LogP contribution in [0.25, 0.3) is 10.9 Å². The van der Waals surface area contributed by atoms with Gasteiger partial charge in [0.15, 0.2) is 0 Å². The molecule has 0 saturated heterocycles. The summed E-state index contributed by atoms with van der Waals surface area (Å²) in [6.07, 6.45) is 1.80. The van der Waals surface area contributed by atoms with Crippen molar-refractivity contribution in [3.63, 3.8) is 0 Å². The molecule has 0 spiro atoms. The minimum absolute atomic E-state index is 0.510. The molecule has 0 atom stereocenters. The molecule has 0 aliphatic rings. The van der Waals surface area contributed by atoms with Crippen molar-refractivity contribution in [2.24, 2.45) is 0 Å². The minimum atomic E-state index is 0.510. The van der Waals surface area contributed by atoms with Crippen molar-refractivity contribution in [1.29, 1.82) is 0 Å². The van der Waals surface area contributed by atoms with E-state index in [-0.39, 0.29) is 0 Å². The van der Waals surface area contributed by atoms with Crippen molar-refractivity contribution < 1.29 is 9.47 Å². The number of hydrogen-bond donors (Lipinski definition) is 0. The Morgan fingerprint density at radius 2 is 2.00 bits per heavy atom. The Morgan fingerprint density at radius 1 is 1.10 bits per heavy atom. The lowest BCUT2D eigenvalue weighted by Gasteiger charge is -2.10. The molecule has 3 rings (SSSR count). The van der Waals surface area contributed by atoms with Gasteiger partial charge in [-0.15, -0.1) is 0 Å². The molecule has 0 saturated carbocycles. The summed E-state index contributed by atoms with van der Waals surface area (Å²) in [4.78, 5) is 4.31. The van der Waals surface area contributed by atoms with E-state index in [0.29, 0.717) is 6.61 Å². The lowest BCUT2D eigenvalue weighted by atomic mass is 10.1. The molecular weight excluding hydrogens is 330 g/mol. The van der Waals surface area contributed by atoms with Gasteiger partial charge < -0.3 is 9.47 Å². The molecule has 2 aromatic carbocycles. The number of benzene rings is 2. The quantitative estimate of drug-likeness (QED) is 0.694. The molecule has 0 fully saturated rings. The number of aromatic nitrogens is 1. The summed E-state index contributed by atoms with van der Waals surface area (Å²) < 4.78 is 11.9. The first kappa shape index (κ1) is 13.9. The van der Waals surface area contributed by atoms with Crippen LogP contribution in [-0.4, -0.2) is 12.1 Å². The smallest absolute Gasteiger partial charge is 0.134 e. The maximum atomic E-state index is 5.85. The van der Waals surface area contributed by atoms with Gasteiger partial charge in [-0.1, -0.05) is 12.1 Å². The Morgan fingerprint density at radius 3 is 2.81 bits per heavy atom. The number of nitrogens with zero attached hydrogens (tertiary/aromatic N) is 1. The number of rotatable bonds is 4. The SMILES string of the molecule is COc1ccc(OCc2ccc3ncccc3c2)c(Br)c1. The van der Waals surface area contributed by atoms with E-state index in [2.05, 4.69) is 33.0 Å². The van der Waals surface area contributed by atoms with E-state index in [4.69, 9.17) is 9.47 Å². The molecule has 0 aliphatic heterocycles. The highest BCUT2D eigenvalue weighted by atomic mass is 79.9. The number of fused-ring (bicyclic) bond motifs is 1. The zero-order valence-corrected chi connectivity index (χ0v) is 13.1. The molecule has 0 N–H and O–H groups in total. The summed E-state index contributed by atoms with van der Waals surface area (Å²) >= 11 is 3.49. The van der Waals surface area contributed by atoms with Gasteiger partial charge in [0.2, 0.25) is 0 Å². The van der Waals surface area contributed by atoms with Crippen LogP contribution in [0.2, 0.25) is 0 Å². The molecule has 0 amide bonds. The highest BCUT2D eigenvalue weighted by Gasteiger charge is 2.04. The fraction of sp³-hybridized carbons (Fsp3) is 0.118. The van der Waals surface area contributed by atoms with Crippen LogP contribution in [0.1, 0.15) is 5.56 Å². The third-order valence-corrected chi connectivity index (χ3v) is 3.82. The van der Waals surface area contributed by atoms with Gasteiger partial charge in [0, 0.05) is 11.6 Å². The van der Waals surface area contributed by atoms with E-state index in [0.717, 1.165) is 32.4 Å². The van der Waals surface area contributed by atoms with Gasteiger partial charge in [-0.3, -0.25) is 4.98 Å². The van der Waals surface area contributed by atoms with Crippen molar-refractivity contribution in [1.82, 2.24) is 4.98 Å². The average Bonchev–Trinajstić information content (AvgIpc) is 2.53. The van der Waals surface area contributed by atoms with E-state index in [1.807, 2.05) is 36.4 Å². The van der Waals surface area contributed by atoms with Gasteiger partial charge in [0.05, 0.1) is 17.1 Å². The molecule has 0 unspecified atom stereocenters. The van der Waals surface area contributed by atoms with Gasteiger partial charge in [-0.2, -0.15) is 0 Å². The lowest BCUT2D eigenvalue weighted by molar-refractivity contribution is 0.303. The van der Waals surface area contributed by atoms with Crippen molar-refractivity contribution in [2.75, 3.05) is 7.11 Å². The Labute approximate surface area is 131 Å². The van der Waals surface area contributed by atoms with Crippen LogP contribution in [0.15, 0.2) is 59.2 Å². The molecule has 1 heterocycles. The second-order valence-corrected chi connectivity index (χ2v) is 5.47. The summed E-state index contributed by atoms with van der Waals surface area (Å²) in [5, 5.41) is 1.12. The Kier molecular flexibility index (Phi) is 4.06. The largest absolute Gasteiger partial charge is 0.497 e. The first-order valence-corrected chi connectivity index (χ1v) is 7.35. The standard InChI is InChI=1S/C17H14BrNO2/c1-20-14-5-7-17(15(18)10-14)21-11-12-4-6-16-13(9-12)3-2-8-19-16/h2-10H,11H2,1H3. The van der Waals surface area contributed by atoms with Crippen molar-refractivity contribution in [3.05, 3.63) is 64.8 Å². The van der Waals surface area contributed by atoms with Crippen molar-refractivity contribution in [2.45, 2.75) is 6.61 Å². The highest BCUT2D eigenvalue weighted by molar-refractivity contribution is 9.10. The molecule has 4 heteroatoms. The summed E-state index contributed by atoms with van der Waals surface area (Å²) in [7, 11) is 1.64. The Bertz CT molecular complexity index is 774. The van der Waals surface area contributed by atoms with Gasteiger partial charge >= 0.3 is 0 Å². The number of ether oxygens (including phenoxy) is 2. The topological polar surface area (TPSA) is 31.4 Å². The van der Waals surface area contributed by atoms with Crippen molar-refractivity contribution >= 4 is 26.8 Å². The van der Waals surface area contributed by atoms with E-state index in [1.54, 1.807) is 13.3 Å². The van der Waals surface area contributed by atoms with Gasteiger partial charge in [0.1, 0.15) is 18.1 Å². The van der Waals surface area contributed by atoms with Crippen LogP contribution in [0.5, 0.6) is 11.5 Å².